The van der Waals surface area contributed by atoms with Crippen LogP contribution in [0.25, 0.3) is 6.08 Å². The number of allylic oxidation sites excluding steroid dienone is 1. The molecule has 0 aliphatic carbocycles. The van der Waals surface area contributed by atoms with E-state index < -0.39 is 0 Å². The number of ketones is 1. The molecule has 2 rings (SSSR count). The van der Waals surface area contributed by atoms with Crippen molar-refractivity contribution in [2.45, 2.75) is 19.8 Å². The van der Waals surface area contributed by atoms with E-state index in [0.29, 0.717) is 18.1 Å². The van der Waals surface area contributed by atoms with Crippen molar-refractivity contribution in [1.82, 2.24) is 0 Å². The molecule has 0 saturated heterocycles. The molecule has 1 aromatic rings. The summed E-state index contributed by atoms with van der Waals surface area (Å²) in [5, 5.41) is 0. The Kier molecular flexibility index (Phi) is 4.76. The van der Waals surface area contributed by atoms with E-state index in [9.17, 15) is 9.59 Å². The molecule has 0 amide bonds. The van der Waals surface area contributed by atoms with Crippen LogP contribution in [-0.2, 0) is 14.3 Å². The van der Waals surface area contributed by atoms with Crippen LogP contribution >= 0.6 is 0 Å². The quantitative estimate of drug-likeness (QED) is 0.589. The zero-order chi connectivity index (χ0) is 14.4. The minimum Gasteiger partial charge on any atom is -0.466 e. The highest BCUT2D eigenvalue weighted by atomic mass is 16.7. The second-order valence-electron chi connectivity index (χ2n) is 4.22. The van der Waals surface area contributed by atoms with Gasteiger partial charge in [-0.15, -0.1) is 0 Å². The number of hydrogen-bond acceptors (Lipinski definition) is 5. The van der Waals surface area contributed by atoms with Gasteiger partial charge in [-0.05, 0) is 30.7 Å². The van der Waals surface area contributed by atoms with E-state index in [2.05, 4.69) is 0 Å². The summed E-state index contributed by atoms with van der Waals surface area (Å²) in [7, 11) is 0. The molecule has 0 atom stereocenters. The number of carbonyl (C=O) groups excluding carboxylic acids is 2. The number of rotatable bonds is 6. The maximum atomic E-state index is 11.6. The average molecular weight is 276 g/mol. The lowest BCUT2D eigenvalue weighted by atomic mass is 10.1. The van der Waals surface area contributed by atoms with E-state index in [4.69, 9.17) is 14.2 Å². The van der Waals surface area contributed by atoms with E-state index in [1.807, 2.05) is 6.07 Å². The van der Waals surface area contributed by atoms with Gasteiger partial charge in [0.15, 0.2) is 17.3 Å². The maximum absolute atomic E-state index is 11.6. The summed E-state index contributed by atoms with van der Waals surface area (Å²) < 4.78 is 15.2. The first-order chi connectivity index (χ1) is 9.69. The Morgan fingerprint density at radius 1 is 1.25 bits per heavy atom. The van der Waals surface area contributed by atoms with Crippen molar-refractivity contribution >= 4 is 17.8 Å². The molecule has 0 N–H and O–H groups in total. The third-order valence-corrected chi connectivity index (χ3v) is 2.74. The smallest absolute Gasteiger partial charge is 0.306 e. The van der Waals surface area contributed by atoms with Gasteiger partial charge < -0.3 is 14.2 Å². The Labute approximate surface area is 117 Å². The van der Waals surface area contributed by atoms with Crippen molar-refractivity contribution in [2.24, 2.45) is 0 Å². The van der Waals surface area contributed by atoms with Crippen molar-refractivity contribution in [3.8, 4) is 11.5 Å². The molecule has 1 aromatic carbocycles. The second-order valence-corrected chi connectivity index (χ2v) is 4.22. The van der Waals surface area contributed by atoms with E-state index in [0.717, 1.165) is 5.56 Å². The lowest BCUT2D eigenvalue weighted by Crippen LogP contribution is -2.06. The van der Waals surface area contributed by atoms with E-state index >= 15 is 0 Å². The zero-order valence-corrected chi connectivity index (χ0v) is 11.3. The fraction of sp³-hybridized carbons (Fsp3) is 0.333. The van der Waals surface area contributed by atoms with Crippen LogP contribution in [0.5, 0.6) is 11.5 Å². The highest BCUT2D eigenvalue weighted by Gasteiger charge is 2.12. The molecule has 20 heavy (non-hydrogen) atoms. The molecular weight excluding hydrogens is 260 g/mol. The van der Waals surface area contributed by atoms with Crippen molar-refractivity contribution in [2.75, 3.05) is 13.4 Å². The Hall–Kier alpha value is -2.30. The molecule has 0 unspecified atom stereocenters. The molecule has 1 heterocycles. The minimum absolute atomic E-state index is 0.109. The first kappa shape index (κ1) is 14.1. The molecule has 0 spiro atoms. The number of ether oxygens (including phenoxy) is 3. The van der Waals surface area contributed by atoms with Gasteiger partial charge in [-0.25, -0.2) is 0 Å². The third-order valence-electron chi connectivity index (χ3n) is 2.74. The number of benzene rings is 1. The Bertz CT molecular complexity index is 533. The van der Waals surface area contributed by atoms with Crippen LogP contribution in [0.3, 0.4) is 0 Å². The van der Waals surface area contributed by atoms with Crippen LogP contribution in [0.15, 0.2) is 24.3 Å². The summed E-state index contributed by atoms with van der Waals surface area (Å²) in [6, 6.07) is 5.44. The fourth-order valence-electron chi connectivity index (χ4n) is 1.75. The molecular formula is C15H16O5. The standard InChI is InChI=1S/C15H16O5/c1-2-18-15(17)8-6-12(16)5-3-11-4-7-13-14(9-11)20-10-19-13/h3-5,7,9H,2,6,8,10H2,1H3/b5-3+. The molecule has 0 saturated carbocycles. The van der Waals surface area contributed by atoms with Crippen molar-refractivity contribution < 1.29 is 23.8 Å². The first-order valence-corrected chi connectivity index (χ1v) is 6.45. The summed E-state index contributed by atoms with van der Waals surface area (Å²) >= 11 is 0. The van der Waals surface area contributed by atoms with E-state index in [1.54, 1.807) is 25.1 Å². The number of esters is 1. The van der Waals surface area contributed by atoms with Crippen molar-refractivity contribution in [3.05, 3.63) is 29.8 Å². The predicted molar refractivity (Wildman–Crippen MR) is 72.5 cm³/mol. The zero-order valence-electron chi connectivity index (χ0n) is 11.3. The van der Waals surface area contributed by atoms with Gasteiger partial charge in [-0.3, -0.25) is 9.59 Å². The van der Waals surface area contributed by atoms with E-state index in [-0.39, 0.29) is 31.4 Å². The lowest BCUT2D eigenvalue weighted by molar-refractivity contribution is -0.144. The molecule has 5 heteroatoms. The van der Waals surface area contributed by atoms with Crippen LogP contribution in [0.2, 0.25) is 0 Å². The molecule has 1 aliphatic heterocycles. The van der Waals surface area contributed by atoms with Crippen molar-refractivity contribution in [1.29, 1.82) is 0 Å². The number of hydrogen-bond donors (Lipinski definition) is 0. The van der Waals surface area contributed by atoms with Gasteiger partial charge in [0, 0.05) is 6.42 Å². The van der Waals surface area contributed by atoms with Crippen molar-refractivity contribution in [3.63, 3.8) is 0 Å². The van der Waals surface area contributed by atoms with Gasteiger partial charge in [0.05, 0.1) is 13.0 Å². The van der Waals surface area contributed by atoms with E-state index in [1.165, 1.54) is 6.08 Å². The summed E-state index contributed by atoms with van der Waals surface area (Å²) in [6.07, 6.45) is 3.41. The van der Waals surface area contributed by atoms with Gasteiger partial charge in [-0.1, -0.05) is 12.1 Å². The number of fused-ring (bicyclic) bond motifs is 1. The van der Waals surface area contributed by atoms with Gasteiger partial charge in [0.2, 0.25) is 6.79 Å². The van der Waals surface area contributed by atoms with Gasteiger partial charge >= 0.3 is 5.97 Å². The van der Waals surface area contributed by atoms with Crippen LogP contribution in [0.4, 0.5) is 0 Å². The first-order valence-electron chi connectivity index (χ1n) is 6.45. The summed E-state index contributed by atoms with van der Waals surface area (Å²) in [6.45, 7) is 2.29. The predicted octanol–water partition coefficient (Wildman–Crippen LogP) is 2.34. The van der Waals surface area contributed by atoms with Crippen LogP contribution < -0.4 is 9.47 Å². The molecule has 0 radical (unpaired) electrons. The maximum Gasteiger partial charge on any atom is 0.306 e. The summed E-state index contributed by atoms with van der Waals surface area (Å²) in [5.41, 5.74) is 0.846. The molecule has 106 valence electrons. The lowest BCUT2D eigenvalue weighted by Gasteiger charge is -1.99. The summed E-state index contributed by atoms with van der Waals surface area (Å²) in [5.74, 6) is 0.912. The molecule has 5 nitrogen and oxygen atoms in total. The minimum atomic E-state index is -0.350. The Morgan fingerprint density at radius 2 is 2.05 bits per heavy atom. The second kappa shape index (κ2) is 6.75. The molecule has 0 fully saturated rings. The van der Waals surface area contributed by atoms with Crippen LogP contribution in [0.1, 0.15) is 25.3 Å². The SMILES string of the molecule is CCOC(=O)CCC(=O)/C=C/c1ccc2c(c1)OCO2. The average Bonchev–Trinajstić information content (AvgIpc) is 2.90. The van der Waals surface area contributed by atoms with Gasteiger partial charge in [0.25, 0.3) is 0 Å². The third kappa shape index (κ3) is 3.85. The Morgan fingerprint density at radius 3 is 2.85 bits per heavy atom. The fourth-order valence-corrected chi connectivity index (χ4v) is 1.75. The molecule has 0 aromatic heterocycles. The molecule has 1 aliphatic rings. The highest BCUT2D eigenvalue weighted by Crippen LogP contribution is 2.32. The van der Waals surface area contributed by atoms with Crippen LogP contribution in [-0.4, -0.2) is 25.2 Å². The largest absolute Gasteiger partial charge is 0.466 e. The monoisotopic (exact) mass is 276 g/mol. The Balaban J connectivity index is 1.86. The highest BCUT2D eigenvalue weighted by molar-refractivity contribution is 5.95. The topological polar surface area (TPSA) is 61.8 Å². The van der Waals surface area contributed by atoms with Gasteiger partial charge in [-0.2, -0.15) is 0 Å². The normalized spacial score (nSPS) is 12.7. The van der Waals surface area contributed by atoms with Crippen LogP contribution in [0, 0.1) is 0 Å². The summed E-state index contributed by atoms with van der Waals surface area (Å²) in [4.78, 5) is 22.7. The van der Waals surface area contributed by atoms with Gasteiger partial charge in [0.1, 0.15) is 0 Å². The molecule has 0 bridgehead atoms. The number of carbonyl (C=O) groups is 2.